The molecule has 0 aliphatic carbocycles. The van der Waals surface area contributed by atoms with Crippen molar-refractivity contribution in [1.82, 2.24) is 0 Å². The largest absolute Gasteiger partial charge is 0.399 e. The van der Waals surface area contributed by atoms with Gasteiger partial charge < -0.3 is 11.1 Å². The fourth-order valence-corrected chi connectivity index (χ4v) is 2.03. The number of anilines is 2. The second-order valence-corrected chi connectivity index (χ2v) is 4.78. The maximum Gasteiger partial charge on any atom is 0.224 e. The van der Waals surface area contributed by atoms with Gasteiger partial charge in [-0.25, -0.2) is 4.39 Å². The first-order chi connectivity index (χ1) is 9.56. The Balaban J connectivity index is 1.94. The number of aryl methyl sites for hydroxylation is 1. The molecule has 5 heteroatoms. The topological polar surface area (TPSA) is 55.1 Å². The van der Waals surface area contributed by atoms with E-state index < -0.39 is 5.82 Å². The predicted molar refractivity (Wildman–Crippen MR) is 79.2 cm³/mol. The molecular weight excluding hydrogens is 279 g/mol. The van der Waals surface area contributed by atoms with Crippen molar-refractivity contribution in [1.29, 1.82) is 0 Å². The lowest BCUT2D eigenvalue weighted by molar-refractivity contribution is -0.116. The summed E-state index contributed by atoms with van der Waals surface area (Å²) in [6.07, 6.45) is 0.819. The third-order valence-electron chi connectivity index (χ3n) is 2.88. The van der Waals surface area contributed by atoms with E-state index in [4.69, 9.17) is 17.3 Å². The van der Waals surface area contributed by atoms with E-state index in [0.29, 0.717) is 17.8 Å². The van der Waals surface area contributed by atoms with Crippen molar-refractivity contribution in [3.63, 3.8) is 0 Å². The summed E-state index contributed by atoms with van der Waals surface area (Å²) >= 11 is 5.84. The van der Waals surface area contributed by atoms with Crippen LogP contribution in [0.25, 0.3) is 0 Å². The molecule has 2 aromatic rings. The van der Waals surface area contributed by atoms with Crippen molar-refractivity contribution in [2.24, 2.45) is 0 Å². The molecule has 0 bridgehead atoms. The molecule has 0 fully saturated rings. The number of halogens is 2. The van der Waals surface area contributed by atoms with Crippen LogP contribution in [0.15, 0.2) is 42.5 Å². The van der Waals surface area contributed by atoms with Gasteiger partial charge in [0.15, 0.2) is 0 Å². The molecule has 20 heavy (non-hydrogen) atoms. The highest BCUT2D eigenvalue weighted by Gasteiger charge is 2.08. The zero-order chi connectivity index (χ0) is 14.5. The summed E-state index contributed by atoms with van der Waals surface area (Å²) < 4.78 is 12.9. The first-order valence-corrected chi connectivity index (χ1v) is 6.52. The van der Waals surface area contributed by atoms with Crippen molar-refractivity contribution in [3.8, 4) is 0 Å². The number of para-hydroxylation sites is 1. The summed E-state index contributed by atoms with van der Waals surface area (Å²) in [5, 5.41) is 2.83. The quantitative estimate of drug-likeness (QED) is 0.846. The van der Waals surface area contributed by atoms with Crippen LogP contribution in [0.5, 0.6) is 0 Å². The van der Waals surface area contributed by atoms with E-state index >= 15 is 0 Å². The summed E-state index contributed by atoms with van der Waals surface area (Å²) in [6, 6.07) is 11.2. The second-order valence-electron chi connectivity index (χ2n) is 4.37. The molecule has 0 saturated heterocycles. The van der Waals surface area contributed by atoms with E-state index in [1.165, 1.54) is 12.1 Å². The number of amides is 1. The Kier molecular flexibility index (Phi) is 4.58. The standard InChI is InChI=1S/C15H14ClFN2O/c16-12-9-11(17)6-7-14(12)19-15(20)8-5-10-3-1-2-4-13(10)18/h1-4,6-7,9H,5,8,18H2,(H,19,20). The van der Waals surface area contributed by atoms with Crippen LogP contribution in [-0.2, 0) is 11.2 Å². The van der Waals surface area contributed by atoms with Gasteiger partial charge >= 0.3 is 0 Å². The van der Waals surface area contributed by atoms with Gasteiger partial charge in [-0.1, -0.05) is 29.8 Å². The van der Waals surface area contributed by atoms with Gasteiger partial charge in [0.1, 0.15) is 5.82 Å². The van der Waals surface area contributed by atoms with Gasteiger partial charge in [-0.05, 0) is 36.2 Å². The van der Waals surface area contributed by atoms with Gasteiger partial charge in [0.05, 0.1) is 10.7 Å². The van der Waals surface area contributed by atoms with Crippen LogP contribution >= 0.6 is 11.6 Å². The van der Waals surface area contributed by atoms with Crippen LogP contribution < -0.4 is 11.1 Å². The predicted octanol–water partition coefficient (Wildman–Crippen LogP) is 3.63. The van der Waals surface area contributed by atoms with E-state index in [1.54, 1.807) is 6.07 Å². The minimum atomic E-state index is -0.440. The molecule has 0 atom stereocenters. The molecule has 104 valence electrons. The minimum Gasteiger partial charge on any atom is -0.399 e. The summed E-state index contributed by atoms with van der Waals surface area (Å²) in [6.45, 7) is 0. The lowest BCUT2D eigenvalue weighted by atomic mass is 10.1. The lowest BCUT2D eigenvalue weighted by Crippen LogP contribution is -2.13. The van der Waals surface area contributed by atoms with Crippen LogP contribution in [-0.4, -0.2) is 5.91 Å². The van der Waals surface area contributed by atoms with Gasteiger partial charge in [0.2, 0.25) is 5.91 Å². The average molecular weight is 293 g/mol. The molecule has 0 aliphatic rings. The summed E-state index contributed by atoms with van der Waals surface area (Å²) in [7, 11) is 0. The molecule has 0 saturated carbocycles. The van der Waals surface area contributed by atoms with Gasteiger partial charge in [-0.15, -0.1) is 0 Å². The molecule has 0 aromatic heterocycles. The average Bonchev–Trinajstić information content (AvgIpc) is 2.41. The van der Waals surface area contributed by atoms with Crippen LogP contribution in [0, 0.1) is 5.82 Å². The minimum absolute atomic E-state index is 0.178. The molecule has 2 rings (SSSR count). The Morgan fingerprint density at radius 1 is 1.25 bits per heavy atom. The number of nitrogens with one attached hydrogen (secondary N) is 1. The van der Waals surface area contributed by atoms with E-state index in [0.717, 1.165) is 11.6 Å². The zero-order valence-corrected chi connectivity index (χ0v) is 11.5. The molecule has 0 unspecified atom stereocenters. The molecule has 0 spiro atoms. The van der Waals surface area contributed by atoms with Crippen molar-refractivity contribution in [3.05, 3.63) is 58.9 Å². The van der Waals surface area contributed by atoms with Gasteiger partial charge in [-0.2, -0.15) is 0 Å². The first kappa shape index (κ1) is 14.3. The molecule has 2 aromatic carbocycles. The van der Waals surface area contributed by atoms with Crippen LogP contribution in [0.2, 0.25) is 5.02 Å². The van der Waals surface area contributed by atoms with Crippen molar-refractivity contribution >= 4 is 28.9 Å². The second kappa shape index (κ2) is 6.39. The van der Waals surface area contributed by atoms with Gasteiger partial charge in [0, 0.05) is 12.1 Å². The van der Waals surface area contributed by atoms with E-state index in [-0.39, 0.29) is 17.4 Å². The number of benzene rings is 2. The number of hydrogen-bond donors (Lipinski definition) is 2. The molecule has 3 nitrogen and oxygen atoms in total. The Morgan fingerprint density at radius 2 is 2.00 bits per heavy atom. The molecule has 0 radical (unpaired) electrons. The first-order valence-electron chi connectivity index (χ1n) is 6.14. The van der Waals surface area contributed by atoms with Crippen molar-refractivity contribution in [2.45, 2.75) is 12.8 Å². The van der Waals surface area contributed by atoms with Gasteiger partial charge in [0.25, 0.3) is 0 Å². The van der Waals surface area contributed by atoms with Crippen LogP contribution in [0.3, 0.4) is 0 Å². The molecular formula is C15H14ClFN2O. The normalized spacial score (nSPS) is 10.3. The summed E-state index contributed by atoms with van der Waals surface area (Å²) in [5.41, 5.74) is 7.80. The highest BCUT2D eigenvalue weighted by atomic mass is 35.5. The number of carbonyl (C=O) groups is 1. The summed E-state index contributed by atoms with van der Waals surface area (Å²) in [5.74, 6) is -0.633. The van der Waals surface area contributed by atoms with E-state index in [9.17, 15) is 9.18 Å². The lowest BCUT2D eigenvalue weighted by Gasteiger charge is -2.08. The van der Waals surface area contributed by atoms with E-state index in [2.05, 4.69) is 5.32 Å². The molecule has 0 aliphatic heterocycles. The fraction of sp³-hybridized carbons (Fsp3) is 0.133. The zero-order valence-electron chi connectivity index (χ0n) is 10.7. The Labute approximate surface area is 121 Å². The highest BCUT2D eigenvalue weighted by molar-refractivity contribution is 6.33. The summed E-state index contributed by atoms with van der Waals surface area (Å²) in [4.78, 5) is 11.8. The molecule has 0 heterocycles. The smallest absolute Gasteiger partial charge is 0.224 e. The third-order valence-corrected chi connectivity index (χ3v) is 3.19. The Morgan fingerprint density at radius 3 is 2.70 bits per heavy atom. The molecule has 3 N–H and O–H groups in total. The Hall–Kier alpha value is -2.07. The monoisotopic (exact) mass is 292 g/mol. The van der Waals surface area contributed by atoms with Crippen LogP contribution in [0.4, 0.5) is 15.8 Å². The highest BCUT2D eigenvalue weighted by Crippen LogP contribution is 2.22. The number of nitrogen functional groups attached to an aromatic ring is 1. The number of rotatable bonds is 4. The molecule has 1 amide bonds. The van der Waals surface area contributed by atoms with Crippen LogP contribution in [0.1, 0.15) is 12.0 Å². The maximum atomic E-state index is 12.9. The fourth-order valence-electron chi connectivity index (χ4n) is 1.81. The number of hydrogen-bond acceptors (Lipinski definition) is 2. The maximum absolute atomic E-state index is 12.9. The van der Waals surface area contributed by atoms with Crippen molar-refractivity contribution < 1.29 is 9.18 Å². The third kappa shape index (κ3) is 3.71. The van der Waals surface area contributed by atoms with Crippen molar-refractivity contribution in [2.75, 3.05) is 11.1 Å². The SMILES string of the molecule is Nc1ccccc1CCC(=O)Nc1ccc(F)cc1Cl. The van der Waals surface area contributed by atoms with E-state index in [1.807, 2.05) is 18.2 Å². The van der Waals surface area contributed by atoms with Gasteiger partial charge in [-0.3, -0.25) is 4.79 Å². The Bertz CT molecular complexity index is 631. The number of nitrogens with two attached hydrogens (primary N) is 1. The number of carbonyl (C=O) groups excluding carboxylic acids is 1.